The minimum Gasteiger partial charge on any atom is -0.365 e. The Morgan fingerprint density at radius 1 is 1.28 bits per heavy atom. The molecule has 0 spiro atoms. The molecule has 9 nitrogen and oxygen atoms in total. The van der Waals surface area contributed by atoms with Crippen molar-refractivity contribution in [2.24, 2.45) is 0 Å². The van der Waals surface area contributed by atoms with Crippen LogP contribution in [0.25, 0.3) is 11.4 Å². The quantitative estimate of drug-likeness (QED) is 0.630. The zero-order valence-corrected chi connectivity index (χ0v) is 16.6. The van der Waals surface area contributed by atoms with Crippen molar-refractivity contribution >= 4 is 5.91 Å². The predicted molar refractivity (Wildman–Crippen MR) is 104 cm³/mol. The van der Waals surface area contributed by atoms with Gasteiger partial charge in [-0.25, -0.2) is 0 Å². The van der Waals surface area contributed by atoms with Crippen LogP contribution in [0.4, 0.5) is 0 Å². The largest absolute Gasteiger partial charge is 0.365 e. The van der Waals surface area contributed by atoms with Crippen LogP contribution in [0.1, 0.15) is 36.2 Å². The number of carbonyl (C=O) groups is 1. The molecule has 0 aliphatic carbocycles. The van der Waals surface area contributed by atoms with E-state index in [1.165, 1.54) is 0 Å². The van der Waals surface area contributed by atoms with Gasteiger partial charge in [-0.2, -0.15) is 10.1 Å². The van der Waals surface area contributed by atoms with E-state index in [2.05, 4.69) is 20.2 Å². The summed E-state index contributed by atoms with van der Waals surface area (Å²) >= 11 is 0. The number of ether oxygens (including phenoxy) is 1. The van der Waals surface area contributed by atoms with Crippen molar-refractivity contribution in [3.8, 4) is 11.4 Å². The van der Waals surface area contributed by atoms with E-state index in [1.807, 2.05) is 41.6 Å². The summed E-state index contributed by atoms with van der Waals surface area (Å²) in [5, 5.41) is 8.46. The number of pyridine rings is 1. The Hall–Kier alpha value is -3.07. The van der Waals surface area contributed by atoms with Gasteiger partial charge in [0.05, 0.1) is 18.8 Å². The molecule has 1 aliphatic rings. The van der Waals surface area contributed by atoms with Crippen LogP contribution < -0.4 is 0 Å². The van der Waals surface area contributed by atoms with Gasteiger partial charge in [0.25, 0.3) is 5.89 Å². The van der Waals surface area contributed by atoms with Crippen molar-refractivity contribution in [1.82, 2.24) is 29.8 Å². The molecule has 1 amide bonds. The van der Waals surface area contributed by atoms with E-state index in [0.29, 0.717) is 37.8 Å². The van der Waals surface area contributed by atoms with Crippen LogP contribution in [-0.2, 0) is 16.1 Å². The van der Waals surface area contributed by atoms with Crippen LogP contribution in [0, 0.1) is 13.8 Å². The predicted octanol–water partition coefficient (Wildman–Crippen LogP) is 2.33. The van der Waals surface area contributed by atoms with Gasteiger partial charge < -0.3 is 14.2 Å². The van der Waals surface area contributed by atoms with Gasteiger partial charge in [-0.05, 0) is 38.5 Å². The molecule has 9 heteroatoms. The molecular weight excluding hydrogens is 372 g/mol. The first-order chi connectivity index (χ1) is 14.1. The van der Waals surface area contributed by atoms with Crippen LogP contribution in [0.15, 0.2) is 35.1 Å². The molecule has 4 rings (SSSR count). The fraction of sp³-hybridized carbons (Fsp3) is 0.450. The van der Waals surface area contributed by atoms with Crippen molar-refractivity contribution in [3.05, 3.63) is 47.9 Å². The molecular formula is C20H24N6O3. The lowest BCUT2D eigenvalue weighted by molar-refractivity contribution is -0.140. The van der Waals surface area contributed by atoms with Crippen molar-refractivity contribution in [1.29, 1.82) is 0 Å². The lowest BCUT2D eigenvalue weighted by Gasteiger charge is -2.31. The van der Waals surface area contributed by atoms with Crippen LogP contribution in [0.5, 0.6) is 0 Å². The van der Waals surface area contributed by atoms with E-state index in [1.54, 1.807) is 12.4 Å². The second kappa shape index (κ2) is 8.52. The number of hydrogen-bond acceptors (Lipinski definition) is 7. The highest BCUT2D eigenvalue weighted by Gasteiger charge is 2.29. The van der Waals surface area contributed by atoms with Crippen LogP contribution in [-0.4, -0.2) is 55.4 Å². The Balaban J connectivity index is 1.33. The van der Waals surface area contributed by atoms with Crippen molar-refractivity contribution in [2.45, 2.75) is 39.3 Å². The standard InChI is InChI=1S/C20H24N6O3/c1-14-12-15(2)26(23-14)9-3-4-18(27)25-10-11-28-17(13-25)20-22-19(24-29-20)16-5-7-21-8-6-16/h5-8,12,17H,3-4,9-11,13H2,1-2H3/t17-/m0/s1. The minimum atomic E-state index is -0.410. The van der Waals surface area contributed by atoms with Gasteiger partial charge in [-0.1, -0.05) is 5.16 Å². The van der Waals surface area contributed by atoms with Crippen molar-refractivity contribution in [3.63, 3.8) is 0 Å². The van der Waals surface area contributed by atoms with E-state index >= 15 is 0 Å². The first-order valence-electron chi connectivity index (χ1n) is 9.74. The summed E-state index contributed by atoms with van der Waals surface area (Å²) in [4.78, 5) is 22.9. The van der Waals surface area contributed by atoms with Crippen LogP contribution in [0.3, 0.4) is 0 Å². The van der Waals surface area contributed by atoms with Gasteiger partial charge in [0.1, 0.15) is 0 Å². The van der Waals surface area contributed by atoms with Crippen LogP contribution >= 0.6 is 0 Å². The number of hydrogen-bond donors (Lipinski definition) is 0. The molecule has 3 aromatic heterocycles. The van der Waals surface area contributed by atoms with Gasteiger partial charge in [0.15, 0.2) is 6.10 Å². The molecule has 152 valence electrons. The molecule has 0 saturated carbocycles. The van der Waals surface area contributed by atoms with E-state index in [9.17, 15) is 4.79 Å². The summed E-state index contributed by atoms with van der Waals surface area (Å²) in [6.07, 6.45) is 4.16. The average Bonchev–Trinajstić information content (AvgIpc) is 3.35. The third-order valence-corrected chi connectivity index (χ3v) is 4.94. The van der Waals surface area contributed by atoms with Gasteiger partial charge >= 0.3 is 0 Å². The Bertz CT molecular complexity index is 968. The third kappa shape index (κ3) is 4.51. The zero-order chi connectivity index (χ0) is 20.2. The summed E-state index contributed by atoms with van der Waals surface area (Å²) in [5.41, 5.74) is 2.93. The summed E-state index contributed by atoms with van der Waals surface area (Å²) in [5.74, 6) is 0.977. The first kappa shape index (κ1) is 19.3. The Morgan fingerprint density at radius 3 is 2.86 bits per heavy atom. The van der Waals surface area contributed by atoms with Crippen molar-refractivity contribution < 1.29 is 14.1 Å². The normalized spacial score (nSPS) is 16.9. The molecule has 4 heterocycles. The fourth-order valence-electron chi connectivity index (χ4n) is 3.45. The number of aryl methyl sites for hydroxylation is 3. The maximum atomic E-state index is 12.6. The molecule has 1 saturated heterocycles. The molecule has 0 aromatic carbocycles. The molecule has 3 aromatic rings. The molecule has 1 atom stereocenters. The van der Waals surface area contributed by atoms with E-state index in [4.69, 9.17) is 9.26 Å². The number of rotatable bonds is 6. The van der Waals surface area contributed by atoms with Gasteiger partial charge in [-0.15, -0.1) is 0 Å². The van der Waals surface area contributed by atoms with Gasteiger partial charge in [-0.3, -0.25) is 14.5 Å². The number of amides is 1. The molecule has 1 aliphatic heterocycles. The monoisotopic (exact) mass is 396 g/mol. The van der Waals surface area contributed by atoms with E-state index in [-0.39, 0.29) is 5.91 Å². The Morgan fingerprint density at radius 2 is 2.10 bits per heavy atom. The topological polar surface area (TPSA) is 99.2 Å². The highest BCUT2D eigenvalue weighted by Crippen LogP contribution is 2.24. The lowest BCUT2D eigenvalue weighted by Crippen LogP contribution is -2.42. The SMILES string of the molecule is Cc1cc(C)n(CCCC(=O)N2CCO[C@H](c3nc(-c4ccncc4)no3)C2)n1. The fourth-order valence-corrected chi connectivity index (χ4v) is 3.45. The third-order valence-electron chi connectivity index (χ3n) is 4.94. The molecule has 29 heavy (non-hydrogen) atoms. The maximum Gasteiger partial charge on any atom is 0.257 e. The second-order valence-electron chi connectivity index (χ2n) is 7.15. The van der Waals surface area contributed by atoms with Gasteiger partial charge in [0.2, 0.25) is 11.7 Å². The molecule has 0 unspecified atom stereocenters. The number of carbonyl (C=O) groups excluding carboxylic acids is 1. The van der Waals surface area contributed by atoms with Crippen LogP contribution in [0.2, 0.25) is 0 Å². The Kier molecular flexibility index (Phi) is 5.66. The second-order valence-corrected chi connectivity index (χ2v) is 7.15. The molecule has 0 N–H and O–H groups in total. The Labute approximate surface area is 168 Å². The summed E-state index contributed by atoms with van der Waals surface area (Å²) < 4.78 is 13.1. The minimum absolute atomic E-state index is 0.105. The summed E-state index contributed by atoms with van der Waals surface area (Å²) in [6, 6.07) is 5.67. The van der Waals surface area contributed by atoms with E-state index < -0.39 is 6.10 Å². The lowest BCUT2D eigenvalue weighted by atomic mass is 10.2. The summed E-state index contributed by atoms with van der Waals surface area (Å²) in [6.45, 7) is 6.16. The molecule has 0 bridgehead atoms. The highest BCUT2D eigenvalue weighted by atomic mass is 16.5. The smallest absolute Gasteiger partial charge is 0.257 e. The van der Waals surface area contributed by atoms with E-state index in [0.717, 1.165) is 29.9 Å². The maximum absolute atomic E-state index is 12.6. The number of nitrogens with zero attached hydrogens (tertiary/aromatic N) is 6. The number of morpholine rings is 1. The molecule has 1 fully saturated rings. The summed E-state index contributed by atoms with van der Waals surface area (Å²) in [7, 11) is 0. The van der Waals surface area contributed by atoms with Gasteiger partial charge in [0, 0.05) is 43.2 Å². The number of aromatic nitrogens is 5. The zero-order valence-electron chi connectivity index (χ0n) is 16.6. The molecule has 0 radical (unpaired) electrons. The average molecular weight is 396 g/mol. The highest BCUT2D eigenvalue weighted by molar-refractivity contribution is 5.76. The first-order valence-corrected chi connectivity index (χ1v) is 9.74. The van der Waals surface area contributed by atoms with Crippen molar-refractivity contribution in [2.75, 3.05) is 19.7 Å².